The monoisotopic (exact) mass is 250 g/mol. The van der Waals surface area contributed by atoms with Crippen LogP contribution in [0.2, 0.25) is 0 Å². The van der Waals surface area contributed by atoms with Crippen molar-refractivity contribution in [2.45, 2.75) is 38.8 Å². The first kappa shape index (κ1) is 12.8. The highest BCUT2D eigenvalue weighted by atomic mass is 16.5. The van der Waals surface area contributed by atoms with Gasteiger partial charge in [0, 0.05) is 18.8 Å². The van der Waals surface area contributed by atoms with E-state index in [2.05, 4.69) is 10.3 Å². The van der Waals surface area contributed by atoms with Crippen molar-refractivity contribution in [3.8, 4) is 0 Å². The minimum atomic E-state index is -0.941. The van der Waals surface area contributed by atoms with Crippen LogP contribution < -0.4 is 5.32 Å². The van der Waals surface area contributed by atoms with E-state index >= 15 is 0 Å². The van der Waals surface area contributed by atoms with Crippen molar-refractivity contribution >= 4 is 11.8 Å². The maximum Gasteiger partial charge on any atom is 0.339 e. The lowest BCUT2D eigenvalue weighted by Crippen LogP contribution is -2.33. The fourth-order valence-electron chi connectivity index (χ4n) is 2.26. The molecule has 98 valence electrons. The molecule has 18 heavy (non-hydrogen) atoms. The summed E-state index contributed by atoms with van der Waals surface area (Å²) in [5, 5.41) is 12.5. The van der Waals surface area contributed by atoms with E-state index < -0.39 is 5.97 Å². The number of rotatable bonds is 3. The lowest BCUT2D eigenvalue weighted by atomic mass is 10.0. The zero-order valence-corrected chi connectivity index (χ0v) is 10.6. The largest absolute Gasteiger partial charge is 0.478 e. The highest BCUT2D eigenvalue weighted by Gasteiger charge is 2.22. The van der Waals surface area contributed by atoms with Gasteiger partial charge < -0.3 is 15.2 Å². The number of anilines is 1. The third kappa shape index (κ3) is 2.79. The number of hydrogen-bond donors (Lipinski definition) is 2. The second-order valence-corrected chi connectivity index (χ2v) is 4.70. The Hall–Kier alpha value is -1.62. The van der Waals surface area contributed by atoms with Crippen molar-refractivity contribution in [2.24, 2.45) is 0 Å². The first-order valence-corrected chi connectivity index (χ1v) is 6.15. The van der Waals surface area contributed by atoms with Crippen molar-refractivity contribution in [3.63, 3.8) is 0 Å². The number of hydrogen-bond acceptors (Lipinski definition) is 4. The Labute approximate surface area is 106 Å². The molecule has 2 rings (SSSR count). The van der Waals surface area contributed by atoms with Gasteiger partial charge in [-0.05, 0) is 38.3 Å². The standard InChI is InChI=1S/C13H18N2O3/c1-8-3-5-14-12(11(8)13(16)17)15-10-4-6-18-9(2)7-10/h3,5,9-10H,4,6-7H2,1-2H3,(H,14,15)(H,16,17). The number of carbonyl (C=O) groups is 1. The van der Waals surface area contributed by atoms with Crippen LogP contribution in [-0.4, -0.2) is 34.8 Å². The topological polar surface area (TPSA) is 71.5 Å². The summed E-state index contributed by atoms with van der Waals surface area (Å²) in [6.45, 7) is 4.51. The molecule has 1 aliphatic heterocycles. The Morgan fingerprint density at radius 2 is 2.39 bits per heavy atom. The number of aromatic carboxylic acids is 1. The molecule has 1 saturated heterocycles. The quantitative estimate of drug-likeness (QED) is 0.859. The number of ether oxygens (including phenoxy) is 1. The Morgan fingerprint density at radius 1 is 1.61 bits per heavy atom. The van der Waals surface area contributed by atoms with E-state index in [0.717, 1.165) is 18.4 Å². The molecule has 1 aromatic heterocycles. The van der Waals surface area contributed by atoms with Crippen molar-refractivity contribution < 1.29 is 14.6 Å². The van der Waals surface area contributed by atoms with Crippen molar-refractivity contribution in [1.82, 2.24) is 4.98 Å². The van der Waals surface area contributed by atoms with E-state index in [4.69, 9.17) is 4.74 Å². The Kier molecular flexibility index (Phi) is 3.81. The second kappa shape index (κ2) is 5.35. The van der Waals surface area contributed by atoms with E-state index in [1.807, 2.05) is 6.92 Å². The molecule has 0 spiro atoms. The number of aromatic nitrogens is 1. The molecular weight excluding hydrogens is 232 g/mol. The molecule has 2 unspecified atom stereocenters. The van der Waals surface area contributed by atoms with Crippen LogP contribution in [0.25, 0.3) is 0 Å². The summed E-state index contributed by atoms with van der Waals surface area (Å²) in [5.41, 5.74) is 0.983. The van der Waals surface area contributed by atoms with Gasteiger partial charge in [0.05, 0.1) is 6.10 Å². The Morgan fingerprint density at radius 3 is 3.06 bits per heavy atom. The van der Waals surface area contributed by atoms with Crippen LogP contribution in [0.15, 0.2) is 12.3 Å². The molecule has 0 aliphatic carbocycles. The third-order valence-electron chi connectivity index (χ3n) is 3.20. The first-order valence-electron chi connectivity index (χ1n) is 6.15. The third-order valence-corrected chi connectivity index (χ3v) is 3.20. The van der Waals surface area contributed by atoms with Crippen molar-refractivity contribution in [3.05, 3.63) is 23.4 Å². The van der Waals surface area contributed by atoms with Gasteiger partial charge >= 0.3 is 5.97 Å². The summed E-state index contributed by atoms with van der Waals surface area (Å²) in [4.78, 5) is 15.4. The normalized spacial score (nSPS) is 23.7. The molecule has 1 aliphatic rings. The van der Waals surface area contributed by atoms with E-state index in [-0.39, 0.29) is 17.7 Å². The number of nitrogens with one attached hydrogen (secondary N) is 1. The van der Waals surface area contributed by atoms with Crippen LogP contribution in [-0.2, 0) is 4.74 Å². The minimum absolute atomic E-state index is 0.203. The molecule has 0 amide bonds. The summed E-state index contributed by atoms with van der Waals surface area (Å²) in [7, 11) is 0. The predicted octanol–water partition coefficient (Wildman–Crippen LogP) is 2.07. The minimum Gasteiger partial charge on any atom is -0.478 e. The van der Waals surface area contributed by atoms with Gasteiger partial charge in [0.1, 0.15) is 11.4 Å². The summed E-state index contributed by atoms with van der Waals surface area (Å²) < 4.78 is 5.47. The smallest absolute Gasteiger partial charge is 0.339 e. The van der Waals surface area contributed by atoms with Crippen molar-refractivity contribution in [1.29, 1.82) is 0 Å². The Balaban J connectivity index is 2.18. The molecule has 2 N–H and O–H groups in total. The molecule has 5 nitrogen and oxygen atoms in total. The number of aryl methyl sites for hydroxylation is 1. The molecule has 1 fully saturated rings. The number of carboxylic acids is 1. The van der Waals surface area contributed by atoms with E-state index in [0.29, 0.717) is 12.4 Å². The van der Waals surface area contributed by atoms with Gasteiger partial charge in [-0.2, -0.15) is 0 Å². The summed E-state index contributed by atoms with van der Waals surface area (Å²) >= 11 is 0. The number of nitrogens with zero attached hydrogens (tertiary/aromatic N) is 1. The van der Waals surface area contributed by atoms with Gasteiger partial charge in [0.15, 0.2) is 0 Å². The van der Waals surface area contributed by atoms with Gasteiger partial charge in [-0.3, -0.25) is 0 Å². The fourth-order valence-corrected chi connectivity index (χ4v) is 2.26. The van der Waals surface area contributed by atoms with Crippen LogP contribution >= 0.6 is 0 Å². The number of pyridine rings is 1. The molecule has 2 heterocycles. The number of carboxylic acid groups (broad SMARTS) is 1. The van der Waals surface area contributed by atoms with Crippen LogP contribution in [0, 0.1) is 6.92 Å². The zero-order chi connectivity index (χ0) is 13.1. The summed E-state index contributed by atoms with van der Waals surface area (Å²) in [6, 6.07) is 1.93. The van der Waals surface area contributed by atoms with Crippen molar-refractivity contribution in [2.75, 3.05) is 11.9 Å². The highest BCUT2D eigenvalue weighted by molar-refractivity contribution is 5.94. The molecule has 0 aromatic carbocycles. The second-order valence-electron chi connectivity index (χ2n) is 4.70. The molecular formula is C13H18N2O3. The van der Waals surface area contributed by atoms with Crippen LogP contribution in [0.4, 0.5) is 5.82 Å². The summed E-state index contributed by atoms with van der Waals surface area (Å²) in [6.07, 6.45) is 3.58. The lowest BCUT2D eigenvalue weighted by Gasteiger charge is -2.28. The molecule has 1 aromatic rings. The molecule has 0 radical (unpaired) electrons. The van der Waals surface area contributed by atoms with Crippen LogP contribution in [0.1, 0.15) is 35.7 Å². The zero-order valence-electron chi connectivity index (χ0n) is 10.6. The highest BCUT2D eigenvalue weighted by Crippen LogP contribution is 2.21. The fraction of sp³-hybridized carbons (Fsp3) is 0.538. The van der Waals surface area contributed by atoms with E-state index in [9.17, 15) is 9.90 Å². The predicted molar refractivity (Wildman–Crippen MR) is 68.0 cm³/mol. The first-order chi connectivity index (χ1) is 8.58. The van der Waals surface area contributed by atoms with Gasteiger partial charge in [0.2, 0.25) is 0 Å². The van der Waals surface area contributed by atoms with Gasteiger partial charge in [-0.25, -0.2) is 9.78 Å². The molecule has 0 bridgehead atoms. The maximum absolute atomic E-state index is 11.2. The van der Waals surface area contributed by atoms with Gasteiger partial charge in [0.25, 0.3) is 0 Å². The summed E-state index contributed by atoms with van der Waals surface area (Å²) in [5.74, 6) is -0.482. The Bertz CT molecular complexity index is 448. The molecule has 2 atom stereocenters. The maximum atomic E-state index is 11.2. The van der Waals surface area contributed by atoms with E-state index in [1.165, 1.54) is 0 Å². The molecule has 0 saturated carbocycles. The average Bonchev–Trinajstić information content (AvgIpc) is 2.28. The average molecular weight is 250 g/mol. The van der Waals surface area contributed by atoms with Crippen LogP contribution in [0.3, 0.4) is 0 Å². The van der Waals surface area contributed by atoms with Gasteiger partial charge in [-0.15, -0.1) is 0 Å². The SMILES string of the molecule is Cc1ccnc(NC2CCOC(C)C2)c1C(=O)O. The molecule has 5 heteroatoms. The van der Waals surface area contributed by atoms with Crippen LogP contribution in [0.5, 0.6) is 0 Å². The van der Waals surface area contributed by atoms with Gasteiger partial charge in [-0.1, -0.05) is 0 Å². The van der Waals surface area contributed by atoms with E-state index in [1.54, 1.807) is 19.2 Å². The lowest BCUT2D eigenvalue weighted by molar-refractivity contribution is 0.0231.